The number of para-hydroxylation sites is 2. The minimum atomic E-state index is -0.729. The van der Waals surface area contributed by atoms with E-state index in [1.54, 1.807) is 7.11 Å². The quantitative estimate of drug-likeness (QED) is 0.609. The molecule has 1 rings (SSSR count). The van der Waals surface area contributed by atoms with Gasteiger partial charge in [0.2, 0.25) is 5.91 Å². The summed E-state index contributed by atoms with van der Waals surface area (Å²) in [6.07, 6.45) is 6.34. The van der Waals surface area contributed by atoms with E-state index in [-0.39, 0.29) is 12.3 Å². The molecule has 0 bridgehead atoms. The van der Waals surface area contributed by atoms with Crippen LogP contribution in [0.4, 0.5) is 5.69 Å². The van der Waals surface area contributed by atoms with Crippen LogP contribution in [0.3, 0.4) is 0 Å². The molecule has 122 valence electrons. The van der Waals surface area contributed by atoms with E-state index >= 15 is 0 Å². The first-order chi connectivity index (χ1) is 10.6. The predicted octanol–water partition coefficient (Wildman–Crippen LogP) is 3.84. The maximum atomic E-state index is 11.9. The molecule has 1 aromatic carbocycles. The number of benzene rings is 1. The number of carboxylic acids is 1. The van der Waals surface area contributed by atoms with E-state index in [0.717, 1.165) is 38.5 Å². The van der Waals surface area contributed by atoms with E-state index in [2.05, 4.69) is 5.32 Å². The van der Waals surface area contributed by atoms with Gasteiger partial charge < -0.3 is 15.2 Å². The first kappa shape index (κ1) is 18.0. The van der Waals surface area contributed by atoms with Gasteiger partial charge in [-0.05, 0) is 25.0 Å². The van der Waals surface area contributed by atoms with Crippen LogP contribution in [-0.2, 0) is 9.59 Å². The van der Waals surface area contributed by atoms with Gasteiger partial charge in [0.05, 0.1) is 12.8 Å². The van der Waals surface area contributed by atoms with Crippen LogP contribution in [0.1, 0.15) is 51.4 Å². The molecule has 0 aliphatic heterocycles. The lowest BCUT2D eigenvalue weighted by molar-refractivity contribution is -0.137. The van der Waals surface area contributed by atoms with E-state index < -0.39 is 5.97 Å². The summed E-state index contributed by atoms with van der Waals surface area (Å²) in [7, 11) is 1.58. The highest BCUT2D eigenvalue weighted by atomic mass is 16.5. The first-order valence-electron chi connectivity index (χ1n) is 7.78. The lowest BCUT2D eigenvalue weighted by Crippen LogP contribution is -2.11. The SMILES string of the molecule is COc1ccccc1NC(=O)CCCCCCCCC(=O)O. The second-order valence-electron chi connectivity index (χ2n) is 5.26. The number of carboxylic acid groups (broad SMARTS) is 1. The fourth-order valence-electron chi connectivity index (χ4n) is 2.23. The van der Waals surface area contributed by atoms with Gasteiger partial charge in [-0.25, -0.2) is 0 Å². The molecule has 0 atom stereocenters. The molecular formula is C17H25NO4. The van der Waals surface area contributed by atoms with E-state index in [1.807, 2.05) is 24.3 Å². The number of hydrogen-bond acceptors (Lipinski definition) is 3. The maximum Gasteiger partial charge on any atom is 0.303 e. The Bertz CT molecular complexity index is 473. The molecule has 0 saturated carbocycles. The predicted molar refractivity (Wildman–Crippen MR) is 86.2 cm³/mol. The van der Waals surface area contributed by atoms with Crippen LogP contribution < -0.4 is 10.1 Å². The highest BCUT2D eigenvalue weighted by Crippen LogP contribution is 2.23. The summed E-state index contributed by atoms with van der Waals surface area (Å²) < 4.78 is 5.19. The summed E-state index contributed by atoms with van der Waals surface area (Å²) >= 11 is 0. The molecule has 2 N–H and O–H groups in total. The Morgan fingerprint density at radius 3 is 2.23 bits per heavy atom. The number of aliphatic carboxylic acids is 1. The number of rotatable bonds is 11. The number of methoxy groups -OCH3 is 1. The third-order valence-electron chi connectivity index (χ3n) is 3.43. The number of anilines is 1. The van der Waals surface area contributed by atoms with Crippen molar-refractivity contribution in [1.29, 1.82) is 0 Å². The molecular weight excluding hydrogens is 282 g/mol. The lowest BCUT2D eigenvalue weighted by Gasteiger charge is -2.09. The van der Waals surface area contributed by atoms with E-state index in [4.69, 9.17) is 9.84 Å². The van der Waals surface area contributed by atoms with Crippen molar-refractivity contribution in [1.82, 2.24) is 0 Å². The van der Waals surface area contributed by atoms with Gasteiger partial charge in [0, 0.05) is 12.8 Å². The number of ether oxygens (including phenoxy) is 1. The summed E-state index contributed by atoms with van der Waals surface area (Å²) in [5.41, 5.74) is 0.698. The van der Waals surface area contributed by atoms with Crippen molar-refractivity contribution in [2.75, 3.05) is 12.4 Å². The second kappa shape index (κ2) is 10.7. The highest BCUT2D eigenvalue weighted by Gasteiger charge is 2.06. The molecule has 5 nitrogen and oxygen atoms in total. The van der Waals surface area contributed by atoms with Crippen LogP contribution in [-0.4, -0.2) is 24.1 Å². The Kier molecular flexibility index (Phi) is 8.72. The van der Waals surface area contributed by atoms with Crippen LogP contribution in [0.5, 0.6) is 5.75 Å². The average molecular weight is 307 g/mol. The number of nitrogens with one attached hydrogen (secondary N) is 1. The first-order valence-corrected chi connectivity index (χ1v) is 7.78. The van der Waals surface area contributed by atoms with E-state index in [0.29, 0.717) is 17.9 Å². The Morgan fingerprint density at radius 2 is 1.59 bits per heavy atom. The van der Waals surface area contributed by atoms with Crippen molar-refractivity contribution in [3.05, 3.63) is 24.3 Å². The molecule has 22 heavy (non-hydrogen) atoms. The molecule has 0 aliphatic carbocycles. The number of hydrogen-bond donors (Lipinski definition) is 2. The minimum Gasteiger partial charge on any atom is -0.495 e. The minimum absolute atomic E-state index is 0.00428. The van der Waals surface area contributed by atoms with Crippen molar-refractivity contribution in [3.8, 4) is 5.75 Å². The number of amides is 1. The van der Waals surface area contributed by atoms with Crippen molar-refractivity contribution in [2.45, 2.75) is 51.4 Å². The fraction of sp³-hybridized carbons (Fsp3) is 0.529. The van der Waals surface area contributed by atoms with Gasteiger partial charge in [-0.3, -0.25) is 9.59 Å². The standard InChI is InChI=1S/C17H25NO4/c1-22-15-11-9-8-10-14(15)18-16(19)12-6-4-2-3-5-7-13-17(20)21/h8-11H,2-7,12-13H2,1H3,(H,18,19)(H,20,21). The molecule has 0 fully saturated rings. The van der Waals surface area contributed by atoms with Crippen molar-refractivity contribution in [3.63, 3.8) is 0 Å². The summed E-state index contributed by atoms with van der Waals surface area (Å²) in [4.78, 5) is 22.2. The Labute approximate surface area is 131 Å². The number of carbonyl (C=O) groups is 2. The molecule has 1 aromatic rings. The van der Waals surface area contributed by atoms with Crippen LogP contribution >= 0.6 is 0 Å². The number of carbonyl (C=O) groups excluding carboxylic acids is 1. The van der Waals surface area contributed by atoms with Crippen LogP contribution in [0.15, 0.2) is 24.3 Å². The summed E-state index contributed by atoms with van der Waals surface area (Å²) in [6.45, 7) is 0. The van der Waals surface area contributed by atoms with Crippen molar-refractivity contribution in [2.24, 2.45) is 0 Å². The highest BCUT2D eigenvalue weighted by molar-refractivity contribution is 5.92. The van der Waals surface area contributed by atoms with Crippen molar-refractivity contribution < 1.29 is 19.4 Å². The third kappa shape index (κ3) is 7.67. The maximum absolute atomic E-state index is 11.9. The molecule has 1 amide bonds. The van der Waals surface area contributed by atoms with Gasteiger partial charge in [-0.15, -0.1) is 0 Å². The van der Waals surface area contributed by atoms with E-state index in [1.165, 1.54) is 0 Å². The van der Waals surface area contributed by atoms with Crippen LogP contribution in [0.2, 0.25) is 0 Å². The van der Waals surface area contributed by atoms with Gasteiger partial charge in [-0.1, -0.05) is 37.8 Å². The van der Waals surface area contributed by atoms with Gasteiger partial charge >= 0.3 is 5.97 Å². The van der Waals surface area contributed by atoms with Crippen molar-refractivity contribution >= 4 is 17.6 Å². The van der Waals surface area contributed by atoms with E-state index in [9.17, 15) is 9.59 Å². The topological polar surface area (TPSA) is 75.6 Å². The van der Waals surface area contributed by atoms with Gasteiger partial charge in [0.15, 0.2) is 0 Å². The molecule has 0 aliphatic rings. The zero-order valence-corrected chi connectivity index (χ0v) is 13.1. The Morgan fingerprint density at radius 1 is 1.00 bits per heavy atom. The lowest BCUT2D eigenvalue weighted by atomic mass is 10.1. The Hall–Kier alpha value is -2.04. The summed E-state index contributed by atoms with van der Waals surface area (Å²) in [6, 6.07) is 7.35. The van der Waals surface area contributed by atoms with Crippen LogP contribution in [0.25, 0.3) is 0 Å². The molecule has 0 heterocycles. The molecule has 0 unspecified atom stereocenters. The van der Waals surface area contributed by atoms with Gasteiger partial charge in [-0.2, -0.15) is 0 Å². The Balaban J connectivity index is 2.10. The van der Waals surface area contributed by atoms with Crippen LogP contribution in [0, 0.1) is 0 Å². The third-order valence-corrected chi connectivity index (χ3v) is 3.43. The normalized spacial score (nSPS) is 10.2. The average Bonchev–Trinajstić information content (AvgIpc) is 2.50. The van der Waals surface area contributed by atoms with Gasteiger partial charge in [0.1, 0.15) is 5.75 Å². The summed E-state index contributed by atoms with van der Waals surface area (Å²) in [5, 5.41) is 11.4. The smallest absolute Gasteiger partial charge is 0.303 e. The molecule has 0 saturated heterocycles. The summed E-state index contributed by atoms with van der Waals surface area (Å²) in [5.74, 6) is -0.0716. The zero-order valence-electron chi connectivity index (χ0n) is 13.1. The second-order valence-corrected chi connectivity index (χ2v) is 5.26. The molecule has 0 aromatic heterocycles. The molecule has 5 heteroatoms. The molecule has 0 spiro atoms. The zero-order chi connectivity index (χ0) is 16.2. The fourth-order valence-corrected chi connectivity index (χ4v) is 2.23. The molecule has 0 radical (unpaired) electrons. The van der Waals surface area contributed by atoms with Gasteiger partial charge in [0.25, 0.3) is 0 Å². The number of unbranched alkanes of at least 4 members (excludes halogenated alkanes) is 5. The largest absolute Gasteiger partial charge is 0.495 e. The monoisotopic (exact) mass is 307 g/mol.